The van der Waals surface area contributed by atoms with Crippen molar-refractivity contribution in [2.75, 3.05) is 19.6 Å². The smallest absolute Gasteiger partial charge is 0.0991 e. The molecule has 2 aliphatic rings. The molecular weight excluding hydrogens is 248 g/mol. The molecule has 1 saturated carbocycles. The van der Waals surface area contributed by atoms with Crippen LogP contribution in [-0.4, -0.2) is 30.6 Å². The van der Waals surface area contributed by atoms with Crippen LogP contribution in [0.2, 0.25) is 0 Å². The van der Waals surface area contributed by atoms with E-state index in [0.29, 0.717) is 30.1 Å². The lowest BCUT2D eigenvalue weighted by Gasteiger charge is -2.37. The van der Waals surface area contributed by atoms with Crippen LogP contribution in [0.1, 0.15) is 30.9 Å². The van der Waals surface area contributed by atoms with Crippen LogP contribution in [0.15, 0.2) is 24.3 Å². The number of piperidine rings is 1. The molecular formula is C17H22N2O. The fraction of sp³-hybridized carbons (Fsp3) is 0.588. The molecule has 1 aliphatic carbocycles. The van der Waals surface area contributed by atoms with Gasteiger partial charge in [-0.3, -0.25) is 0 Å². The van der Waals surface area contributed by atoms with Gasteiger partial charge in [0.15, 0.2) is 0 Å². The van der Waals surface area contributed by atoms with Crippen molar-refractivity contribution in [1.29, 1.82) is 5.26 Å². The molecule has 1 aromatic carbocycles. The Labute approximate surface area is 121 Å². The molecule has 0 aromatic heterocycles. The van der Waals surface area contributed by atoms with Crippen molar-refractivity contribution >= 4 is 0 Å². The van der Waals surface area contributed by atoms with Crippen LogP contribution in [-0.2, 0) is 11.3 Å². The van der Waals surface area contributed by atoms with E-state index in [2.05, 4.69) is 17.9 Å². The van der Waals surface area contributed by atoms with Gasteiger partial charge in [-0.15, -0.1) is 0 Å². The van der Waals surface area contributed by atoms with Crippen molar-refractivity contribution in [3.05, 3.63) is 35.4 Å². The van der Waals surface area contributed by atoms with Gasteiger partial charge in [0, 0.05) is 13.1 Å². The van der Waals surface area contributed by atoms with Gasteiger partial charge < -0.3 is 9.64 Å². The summed E-state index contributed by atoms with van der Waals surface area (Å²) >= 11 is 0. The molecule has 3 atom stereocenters. The van der Waals surface area contributed by atoms with E-state index in [1.54, 1.807) is 0 Å². The normalized spacial score (nSPS) is 29.3. The molecule has 0 spiro atoms. The Bertz CT molecular complexity index is 477. The number of nitrogens with zero attached hydrogens (tertiary/aromatic N) is 2. The first-order chi connectivity index (χ1) is 9.80. The molecule has 2 fully saturated rings. The highest BCUT2D eigenvalue weighted by Gasteiger charge is 2.42. The molecule has 0 radical (unpaired) electrons. The predicted molar refractivity (Wildman–Crippen MR) is 78.1 cm³/mol. The number of nitriles is 1. The fourth-order valence-electron chi connectivity index (χ4n) is 3.67. The lowest BCUT2D eigenvalue weighted by atomic mass is 9.95. The third-order valence-corrected chi connectivity index (χ3v) is 4.80. The topological polar surface area (TPSA) is 36.3 Å². The largest absolute Gasteiger partial charge is 0.373 e. The second-order valence-corrected chi connectivity index (χ2v) is 6.03. The van der Waals surface area contributed by atoms with E-state index in [1.165, 1.54) is 31.5 Å². The molecule has 3 heteroatoms. The van der Waals surface area contributed by atoms with E-state index in [0.717, 1.165) is 6.54 Å². The third kappa shape index (κ3) is 2.72. The summed E-state index contributed by atoms with van der Waals surface area (Å²) in [5.41, 5.74) is 1.88. The van der Waals surface area contributed by atoms with Crippen LogP contribution in [0.25, 0.3) is 0 Å². The monoisotopic (exact) mass is 270 g/mol. The Morgan fingerprint density at radius 1 is 1.20 bits per heavy atom. The number of ether oxygens (including phenoxy) is 1. The maximum Gasteiger partial charge on any atom is 0.0991 e. The van der Waals surface area contributed by atoms with Crippen LogP contribution in [0.5, 0.6) is 0 Å². The van der Waals surface area contributed by atoms with Gasteiger partial charge in [-0.05, 0) is 48.9 Å². The van der Waals surface area contributed by atoms with Crippen molar-refractivity contribution in [3.63, 3.8) is 0 Å². The van der Waals surface area contributed by atoms with Gasteiger partial charge in [0.25, 0.3) is 0 Å². The zero-order valence-corrected chi connectivity index (χ0v) is 12.1. The van der Waals surface area contributed by atoms with Crippen molar-refractivity contribution in [1.82, 2.24) is 4.90 Å². The van der Waals surface area contributed by atoms with Crippen molar-refractivity contribution < 1.29 is 4.74 Å². The lowest BCUT2D eigenvalue weighted by molar-refractivity contribution is -0.0498. The number of likely N-dealkylation sites (tertiary alicyclic amines) is 1. The van der Waals surface area contributed by atoms with Gasteiger partial charge in [0.1, 0.15) is 0 Å². The number of rotatable bonds is 4. The lowest BCUT2D eigenvalue weighted by Crippen LogP contribution is -2.45. The van der Waals surface area contributed by atoms with E-state index < -0.39 is 0 Å². The van der Waals surface area contributed by atoms with Crippen molar-refractivity contribution in [3.8, 4) is 6.07 Å². The Morgan fingerprint density at radius 2 is 1.85 bits per heavy atom. The molecule has 1 saturated heterocycles. The van der Waals surface area contributed by atoms with Gasteiger partial charge in [0.05, 0.1) is 24.3 Å². The molecule has 106 valence electrons. The first-order valence-corrected chi connectivity index (χ1v) is 7.63. The molecule has 0 unspecified atom stereocenters. The van der Waals surface area contributed by atoms with Gasteiger partial charge in [-0.25, -0.2) is 0 Å². The van der Waals surface area contributed by atoms with E-state index >= 15 is 0 Å². The second-order valence-electron chi connectivity index (χ2n) is 6.03. The summed E-state index contributed by atoms with van der Waals surface area (Å²) < 4.78 is 6.21. The first kappa shape index (κ1) is 13.6. The Morgan fingerprint density at radius 3 is 2.40 bits per heavy atom. The average Bonchev–Trinajstić information content (AvgIpc) is 2.74. The zero-order chi connectivity index (χ0) is 13.9. The van der Waals surface area contributed by atoms with Crippen LogP contribution < -0.4 is 0 Å². The number of fused-ring (bicyclic) bond motifs is 2. The minimum atomic E-state index is 0.438. The second kappa shape index (κ2) is 5.95. The third-order valence-electron chi connectivity index (χ3n) is 4.80. The van der Waals surface area contributed by atoms with Crippen molar-refractivity contribution in [2.45, 2.75) is 32.5 Å². The first-order valence-electron chi connectivity index (χ1n) is 7.63. The quantitative estimate of drug-likeness (QED) is 0.844. The van der Waals surface area contributed by atoms with Gasteiger partial charge in [-0.2, -0.15) is 5.26 Å². The van der Waals surface area contributed by atoms with E-state index in [9.17, 15) is 0 Å². The van der Waals surface area contributed by atoms with Crippen LogP contribution in [0.4, 0.5) is 0 Å². The zero-order valence-electron chi connectivity index (χ0n) is 12.1. The summed E-state index contributed by atoms with van der Waals surface area (Å²) in [5.74, 6) is 1.43. The molecule has 0 amide bonds. The number of hydrogen-bond acceptors (Lipinski definition) is 3. The molecule has 2 bridgehead atoms. The maximum atomic E-state index is 8.80. The Kier molecular flexibility index (Phi) is 4.05. The highest BCUT2D eigenvalue weighted by Crippen LogP contribution is 2.39. The molecule has 1 aromatic rings. The molecule has 3 nitrogen and oxygen atoms in total. The predicted octanol–water partition coefficient (Wildman–Crippen LogP) is 2.81. The number of benzene rings is 1. The van der Waals surface area contributed by atoms with E-state index in [4.69, 9.17) is 10.00 Å². The fourth-order valence-corrected chi connectivity index (χ4v) is 3.67. The molecule has 1 aliphatic heterocycles. The Balaban J connectivity index is 1.57. The van der Waals surface area contributed by atoms with E-state index in [1.807, 2.05) is 24.3 Å². The van der Waals surface area contributed by atoms with Crippen LogP contribution >= 0.6 is 0 Å². The number of hydrogen-bond donors (Lipinski definition) is 0. The highest BCUT2D eigenvalue weighted by molar-refractivity contribution is 5.31. The molecule has 1 heterocycles. The Hall–Kier alpha value is -1.37. The molecule has 0 N–H and O–H groups in total. The van der Waals surface area contributed by atoms with Crippen molar-refractivity contribution in [2.24, 2.45) is 11.8 Å². The molecule has 3 rings (SSSR count). The maximum absolute atomic E-state index is 8.80. The summed E-state index contributed by atoms with van der Waals surface area (Å²) in [5, 5.41) is 8.80. The van der Waals surface area contributed by atoms with Crippen LogP contribution in [0, 0.1) is 23.2 Å². The van der Waals surface area contributed by atoms with Crippen LogP contribution in [0.3, 0.4) is 0 Å². The van der Waals surface area contributed by atoms with E-state index in [-0.39, 0.29) is 0 Å². The summed E-state index contributed by atoms with van der Waals surface area (Å²) in [4.78, 5) is 2.56. The summed E-state index contributed by atoms with van der Waals surface area (Å²) in [6.07, 6.45) is 3.08. The highest BCUT2D eigenvalue weighted by atomic mass is 16.5. The standard InChI is InChI=1S/C17H22N2O/c1-2-19-10-15-7-8-16(11-19)17(15)20-12-14-5-3-13(9-18)4-6-14/h3-6,15-17H,2,7-8,10-12H2,1H3/t15-,16+,17+. The van der Waals surface area contributed by atoms with Gasteiger partial charge in [0.2, 0.25) is 0 Å². The summed E-state index contributed by atoms with van der Waals surface area (Å²) in [6, 6.07) is 9.89. The average molecular weight is 270 g/mol. The summed E-state index contributed by atoms with van der Waals surface area (Å²) in [7, 11) is 0. The van der Waals surface area contributed by atoms with Gasteiger partial charge >= 0.3 is 0 Å². The molecule has 20 heavy (non-hydrogen) atoms. The minimum absolute atomic E-state index is 0.438. The summed E-state index contributed by atoms with van der Waals surface area (Å²) in [6.45, 7) is 6.48. The SMILES string of the molecule is CCN1C[C@H]2CC[C@@H](C1)[C@H]2OCc1ccc(C#N)cc1. The van der Waals surface area contributed by atoms with Gasteiger partial charge in [-0.1, -0.05) is 19.1 Å². The minimum Gasteiger partial charge on any atom is -0.373 e.